The van der Waals surface area contributed by atoms with Gasteiger partial charge in [0, 0.05) is 10.6 Å². The molecule has 2 rings (SSSR count). The maximum atomic E-state index is 6.30. The zero-order valence-corrected chi connectivity index (χ0v) is 8.35. The summed E-state index contributed by atoms with van der Waals surface area (Å²) < 4.78 is 0. The summed E-state index contributed by atoms with van der Waals surface area (Å²) in [4.78, 5) is 0. The van der Waals surface area contributed by atoms with Crippen LogP contribution < -0.4 is 5.73 Å². The van der Waals surface area contributed by atoms with Crippen LogP contribution in [0.25, 0.3) is 0 Å². The highest BCUT2D eigenvalue weighted by Gasteiger charge is 2.32. The number of hydrogen-bond donors (Lipinski definition) is 1. The first-order valence-corrected chi connectivity index (χ1v) is 5.14. The summed E-state index contributed by atoms with van der Waals surface area (Å²) in [6.07, 6.45) is 4.58. The average Bonchev–Trinajstić information content (AvgIpc) is 2.54. The predicted molar refractivity (Wildman–Crippen MR) is 55.8 cm³/mol. The maximum Gasteiger partial charge on any atom is 0.0456 e. The van der Waals surface area contributed by atoms with E-state index in [1.807, 2.05) is 24.3 Å². The van der Waals surface area contributed by atoms with Crippen molar-refractivity contribution in [3.8, 4) is 0 Å². The highest BCUT2D eigenvalue weighted by Crippen LogP contribution is 2.39. The second-order valence-corrected chi connectivity index (χ2v) is 4.25. The molecule has 0 aliphatic heterocycles. The molecule has 1 saturated carbocycles. The van der Waals surface area contributed by atoms with E-state index < -0.39 is 0 Å². The van der Waals surface area contributed by atoms with Crippen LogP contribution in [0.15, 0.2) is 24.3 Å². The van der Waals surface area contributed by atoms with Crippen LogP contribution in [-0.4, -0.2) is 0 Å². The van der Waals surface area contributed by atoms with Crippen LogP contribution in [0, 0.1) is 0 Å². The molecular formula is C11H14ClN. The van der Waals surface area contributed by atoms with E-state index in [-0.39, 0.29) is 5.54 Å². The van der Waals surface area contributed by atoms with Crippen molar-refractivity contribution in [2.75, 3.05) is 0 Å². The van der Waals surface area contributed by atoms with Gasteiger partial charge in [0.15, 0.2) is 0 Å². The van der Waals surface area contributed by atoms with Crippen molar-refractivity contribution in [3.63, 3.8) is 0 Å². The molecule has 1 aliphatic rings. The highest BCUT2D eigenvalue weighted by atomic mass is 35.5. The summed E-state index contributed by atoms with van der Waals surface area (Å²) in [5.74, 6) is 0. The van der Waals surface area contributed by atoms with Gasteiger partial charge in [-0.15, -0.1) is 0 Å². The minimum absolute atomic E-state index is 0.154. The molecule has 1 aromatic carbocycles. The Bertz CT molecular complexity index is 303. The first-order chi connectivity index (χ1) is 6.22. The summed E-state index contributed by atoms with van der Waals surface area (Å²) in [5.41, 5.74) is 7.26. The van der Waals surface area contributed by atoms with Crippen LogP contribution >= 0.6 is 11.6 Å². The van der Waals surface area contributed by atoms with E-state index in [2.05, 4.69) is 0 Å². The molecule has 2 N–H and O–H groups in total. The lowest BCUT2D eigenvalue weighted by atomic mass is 9.89. The van der Waals surface area contributed by atoms with Crippen molar-refractivity contribution in [1.82, 2.24) is 0 Å². The Morgan fingerprint density at radius 1 is 1.15 bits per heavy atom. The standard InChI is InChI=1S/C11H14ClN/c12-10-6-2-1-5-9(10)11(13)7-3-4-8-11/h1-2,5-6H,3-4,7-8,13H2. The largest absolute Gasteiger partial charge is 0.321 e. The van der Waals surface area contributed by atoms with Crippen LogP contribution in [0.4, 0.5) is 0 Å². The smallest absolute Gasteiger partial charge is 0.0456 e. The van der Waals surface area contributed by atoms with E-state index in [1.165, 1.54) is 12.8 Å². The molecule has 0 aromatic heterocycles. The fourth-order valence-electron chi connectivity index (χ4n) is 2.14. The normalized spacial score (nSPS) is 20.5. The van der Waals surface area contributed by atoms with Crippen molar-refractivity contribution in [2.45, 2.75) is 31.2 Å². The maximum absolute atomic E-state index is 6.30. The number of halogens is 1. The van der Waals surface area contributed by atoms with E-state index in [4.69, 9.17) is 17.3 Å². The Morgan fingerprint density at radius 3 is 2.38 bits per heavy atom. The quantitative estimate of drug-likeness (QED) is 0.733. The topological polar surface area (TPSA) is 26.0 Å². The van der Waals surface area contributed by atoms with Crippen LogP contribution in [0.2, 0.25) is 5.02 Å². The Balaban J connectivity index is 2.39. The molecule has 1 aliphatic carbocycles. The van der Waals surface area contributed by atoms with E-state index in [9.17, 15) is 0 Å². The fourth-order valence-corrected chi connectivity index (χ4v) is 2.46. The van der Waals surface area contributed by atoms with Gasteiger partial charge in [-0.3, -0.25) is 0 Å². The zero-order chi connectivity index (χ0) is 9.31. The monoisotopic (exact) mass is 195 g/mol. The zero-order valence-electron chi connectivity index (χ0n) is 7.59. The molecule has 0 radical (unpaired) electrons. The molecule has 0 amide bonds. The molecule has 1 fully saturated rings. The molecule has 0 atom stereocenters. The average molecular weight is 196 g/mol. The summed E-state index contributed by atoms with van der Waals surface area (Å²) >= 11 is 6.11. The Kier molecular flexibility index (Phi) is 2.31. The first kappa shape index (κ1) is 9.04. The van der Waals surface area contributed by atoms with E-state index in [0.29, 0.717) is 0 Å². The minimum Gasteiger partial charge on any atom is -0.321 e. The van der Waals surface area contributed by atoms with E-state index >= 15 is 0 Å². The van der Waals surface area contributed by atoms with Crippen molar-refractivity contribution in [3.05, 3.63) is 34.9 Å². The lowest BCUT2D eigenvalue weighted by Crippen LogP contribution is -2.33. The van der Waals surface area contributed by atoms with Gasteiger partial charge in [0.2, 0.25) is 0 Å². The van der Waals surface area contributed by atoms with Crippen molar-refractivity contribution < 1.29 is 0 Å². The summed E-state index contributed by atoms with van der Waals surface area (Å²) in [6.45, 7) is 0. The molecule has 2 heteroatoms. The third-order valence-corrected chi connectivity index (χ3v) is 3.24. The molecule has 0 bridgehead atoms. The van der Waals surface area contributed by atoms with Gasteiger partial charge in [0.25, 0.3) is 0 Å². The second-order valence-electron chi connectivity index (χ2n) is 3.84. The highest BCUT2D eigenvalue weighted by molar-refractivity contribution is 6.31. The van der Waals surface area contributed by atoms with Crippen LogP contribution in [0.3, 0.4) is 0 Å². The Labute approximate surface area is 83.9 Å². The summed E-state index contributed by atoms with van der Waals surface area (Å²) in [5, 5.41) is 0.812. The number of rotatable bonds is 1. The fraction of sp³-hybridized carbons (Fsp3) is 0.455. The van der Waals surface area contributed by atoms with E-state index in [1.54, 1.807) is 0 Å². The van der Waals surface area contributed by atoms with Gasteiger partial charge in [-0.25, -0.2) is 0 Å². The lowest BCUT2D eigenvalue weighted by molar-refractivity contribution is 0.462. The molecule has 70 valence electrons. The van der Waals surface area contributed by atoms with Gasteiger partial charge in [-0.2, -0.15) is 0 Å². The third-order valence-electron chi connectivity index (χ3n) is 2.91. The van der Waals surface area contributed by atoms with Gasteiger partial charge in [0.1, 0.15) is 0 Å². The molecule has 0 heterocycles. The van der Waals surface area contributed by atoms with Crippen LogP contribution in [0.5, 0.6) is 0 Å². The molecule has 0 spiro atoms. The van der Waals surface area contributed by atoms with Crippen molar-refractivity contribution in [1.29, 1.82) is 0 Å². The number of hydrogen-bond acceptors (Lipinski definition) is 1. The Hall–Kier alpha value is -0.530. The molecule has 0 unspecified atom stereocenters. The van der Waals surface area contributed by atoms with Crippen LogP contribution in [0.1, 0.15) is 31.2 Å². The van der Waals surface area contributed by atoms with Gasteiger partial charge in [-0.1, -0.05) is 42.6 Å². The lowest BCUT2D eigenvalue weighted by Gasteiger charge is -2.25. The van der Waals surface area contributed by atoms with Crippen molar-refractivity contribution >= 4 is 11.6 Å². The second kappa shape index (κ2) is 3.32. The third kappa shape index (κ3) is 1.59. The minimum atomic E-state index is -0.154. The van der Waals surface area contributed by atoms with Crippen LogP contribution in [-0.2, 0) is 5.54 Å². The van der Waals surface area contributed by atoms with Gasteiger partial charge < -0.3 is 5.73 Å². The SMILES string of the molecule is NC1(c2ccccc2Cl)CCCC1. The van der Waals surface area contributed by atoms with Gasteiger partial charge in [-0.05, 0) is 24.5 Å². The molecule has 13 heavy (non-hydrogen) atoms. The van der Waals surface area contributed by atoms with Gasteiger partial charge in [0.05, 0.1) is 0 Å². The number of benzene rings is 1. The van der Waals surface area contributed by atoms with E-state index in [0.717, 1.165) is 23.4 Å². The molecule has 0 saturated heterocycles. The van der Waals surface area contributed by atoms with Gasteiger partial charge >= 0.3 is 0 Å². The Morgan fingerprint density at radius 2 is 1.77 bits per heavy atom. The summed E-state index contributed by atoms with van der Waals surface area (Å²) in [7, 11) is 0. The number of nitrogens with two attached hydrogens (primary N) is 1. The summed E-state index contributed by atoms with van der Waals surface area (Å²) in [6, 6.07) is 7.93. The predicted octanol–water partition coefficient (Wildman–Crippen LogP) is 3.07. The molecule has 1 nitrogen and oxygen atoms in total. The molecular weight excluding hydrogens is 182 g/mol. The van der Waals surface area contributed by atoms with Crippen molar-refractivity contribution in [2.24, 2.45) is 5.73 Å². The first-order valence-electron chi connectivity index (χ1n) is 4.76. The molecule has 1 aromatic rings.